The van der Waals surface area contributed by atoms with E-state index in [1.165, 1.54) is 0 Å². The SMILES string of the molecule is c1ccc2cc3c(cc2c1)-c1nc-3c(-c2cnccn2)c2[nH]c(c(-c3cnccn3)c3nc(c(-c4cnccn4)c4[nH]c(c1-c1cnccn1)c1cc5ccccc5cc41)-c1cc4ccccc4cc1-3)c1cc3ccccc3cc21. The average Bonchev–Trinajstić information content (AvgIpc) is 4.34. The molecule has 0 unspecified atom stereocenters. The van der Waals surface area contributed by atoms with Crippen molar-refractivity contribution in [1.82, 2.24) is 59.8 Å². The van der Waals surface area contributed by atoms with Crippen LogP contribution in [0.1, 0.15) is 0 Å². The number of hydrogen-bond donors (Lipinski definition) is 2. The van der Waals surface area contributed by atoms with Crippen LogP contribution >= 0.6 is 0 Å². The predicted octanol–water partition coefficient (Wildman–Crippen LogP) is 15.7. The molecule has 0 amide bonds. The van der Waals surface area contributed by atoms with Gasteiger partial charge >= 0.3 is 0 Å². The molecule has 0 radical (unpaired) electrons. The van der Waals surface area contributed by atoms with Gasteiger partial charge in [-0.3, -0.25) is 39.9 Å². The van der Waals surface area contributed by atoms with Crippen LogP contribution in [0.3, 0.4) is 0 Å². The van der Waals surface area contributed by atoms with E-state index in [1.807, 2.05) is 24.8 Å². The molecule has 2 aliphatic heterocycles. The van der Waals surface area contributed by atoms with Crippen molar-refractivity contribution in [1.29, 1.82) is 0 Å². The maximum absolute atomic E-state index is 5.98. The van der Waals surface area contributed by atoms with Crippen molar-refractivity contribution in [2.45, 2.75) is 0 Å². The lowest BCUT2D eigenvalue weighted by atomic mass is 9.93. The molecule has 80 heavy (non-hydrogen) atoms. The summed E-state index contributed by atoms with van der Waals surface area (Å²) in [5, 5.41) is 12.3. The molecule has 8 bridgehead atoms. The summed E-state index contributed by atoms with van der Waals surface area (Å²) >= 11 is 0. The lowest BCUT2D eigenvalue weighted by Crippen LogP contribution is -1.91. The normalized spacial score (nSPS) is 12.0. The van der Waals surface area contributed by atoms with Crippen LogP contribution in [-0.4, -0.2) is 59.8 Å². The third-order valence-electron chi connectivity index (χ3n) is 15.8. The van der Waals surface area contributed by atoms with Crippen LogP contribution in [0.5, 0.6) is 0 Å². The summed E-state index contributed by atoms with van der Waals surface area (Å²) in [7, 11) is 0. The molecule has 0 saturated heterocycles. The predicted molar refractivity (Wildman–Crippen MR) is 319 cm³/mol. The molecule has 0 atom stereocenters. The molecule has 370 valence electrons. The maximum Gasteiger partial charge on any atom is 0.0928 e. The fraction of sp³-hybridized carbons (Fsp3) is 0. The van der Waals surface area contributed by atoms with Crippen LogP contribution in [-0.2, 0) is 0 Å². The zero-order valence-corrected chi connectivity index (χ0v) is 42.3. The largest absolute Gasteiger partial charge is 0.353 e. The van der Waals surface area contributed by atoms with Gasteiger partial charge in [-0.05, 0) is 91.6 Å². The van der Waals surface area contributed by atoms with Gasteiger partial charge in [0.05, 0.1) is 115 Å². The number of aromatic amines is 2. The van der Waals surface area contributed by atoms with Gasteiger partial charge in [-0.15, -0.1) is 0 Å². The molecule has 14 aromatic rings. The first-order valence-electron chi connectivity index (χ1n) is 26.3. The Bertz CT molecular complexity index is 4640. The quantitative estimate of drug-likeness (QED) is 0.174. The van der Waals surface area contributed by atoms with E-state index in [9.17, 15) is 0 Å². The molecule has 12 heteroatoms. The van der Waals surface area contributed by atoms with Crippen LogP contribution < -0.4 is 0 Å². The Morgan fingerprint density at radius 3 is 0.688 bits per heavy atom. The molecular formula is C68H38N12. The fourth-order valence-corrected chi connectivity index (χ4v) is 12.3. The number of fused-ring (bicyclic) bond motifs is 4. The molecular weight excluding hydrogens is 985 g/mol. The molecule has 1 aliphatic carbocycles. The summed E-state index contributed by atoms with van der Waals surface area (Å²) in [6, 6.07) is 52.0. The lowest BCUT2D eigenvalue weighted by Gasteiger charge is -2.09. The van der Waals surface area contributed by atoms with Crippen molar-refractivity contribution in [2.75, 3.05) is 0 Å². The second-order valence-corrected chi connectivity index (χ2v) is 20.2. The van der Waals surface area contributed by atoms with Gasteiger partial charge in [-0.2, -0.15) is 0 Å². The van der Waals surface area contributed by atoms with Gasteiger partial charge in [0.25, 0.3) is 0 Å². The van der Waals surface area contributed by atoms with Crippen LogP contribution in [0.2, 0.25) is 0 Å². The van der Waals surface area contributed by atoms with E-state index < -0.39 is 0 Å². The number of H-pyrrole nitrogens is 2. The highest BCUT2D eigenvalue weighted by Gasteiger charge is 2.32. The number of benzene rings is 8. The maximum atomic E-state index is 5.98. The number of nitrogens with one attached hydrogen (secondary N) is 2. The fourth-order valence-electron chi connectivity index (χ4n) is 12.3. The second-order valence-electron chi connectivity index (χ2n) is 20.2. The van der Waals surface area contributed by atoms with E-state index in [4.69, 9.17) is 49.8 Å². The zero-order chi connectivity index (χ0) is 52.4. The van der Waals surface area contributed by atoms with Gasteiger partial charge in [0.2, 0.25) is 0 Å². The van der Waals surface area contributed by atoms with Crippen LogP contribution in [0, 0.1) is 0 Å². The van der Waals surface area contributed by atoms with Crippen LogP contribution in [0.25, 0.3) is 177 Å². The molecule has 8 heterocycles. The Morgan fingerprint density at radius 2 is 0.475 bits per heavy atom. The summed E-state index contributed by atoms with van der Waals surface area (Å²) in [4.78, 5) is 59.8. The van der Waals surface area contributed by atoms with Crippen molar-refractivity contribution < 1.29 is 0 Å². The Kier molecular flexibility index (Phi) is 9.41. The van der Waals surface area contributed by atoms with Crippen molar-refractivity contribution in [3.8, 4) is 90.1 Å². The number of nitrogens with zero attached hydrogens (tertiary/aromatic N) is 10. The second kappa shape index (κ2) is 17.1. The molecule has 0 fully saturated rings. The highest BCUT2D eigenvalue weighted by atomic mass is 14.9. The highest BCUT2D eigenvalue weighted by molar-refractivity contribution is 6.24. The highest BCUT2D eigenvalue weighted by Crippen LogP contribution is 2.53. The third kappa shape index (κ3) is 6.62. The molecule has 17 rings (SSSR count). The summed E-state index contributed by atoms with van der Waals surface area (Å²) in [5.41, 5.74) is 15.2. The van der Waals surface area contributed by atoms with Gasteiger partial charge in [0, 0.05) is 93.4 Å². The molecule has 6 aromatic heterocycles. The number of rotatable bonds is 4. The minimum absolute atomic E-state index is 0.630. The van der Waals surface area contributed by atoms with Gasteiger partial charge in [0.15, 0.2) is 0 Å². The number of hydrogen-bond acceptors (Lipinski definition) is 10. The van der Waals surface area contributed by atoms with Crippen molar-refractivity contribution in [2.24, 2.45) is 0 Å². The van der Waals surface area contributed by atoms with Gasteiger partial charge < -0.3 is 9.97 Å². The van der Waals surface area contributed by atoms with E-state index in [0.29, 0.717) is 45.6 Å². The minimum atomic E-state index is 0.630. The Labute approximate surface area is 454 Å². The first kappa shape index (κ1) is 43.9. The van der Waals surface area contributed by atoms with Crippen LogP contribution in [0.4, 0.5) is 0 Å². The lowest BCUT2D eigenvalue weighted by molar-refractivity contribution is 1.20. The summed E-state index contributed by atoms with van der Waals surface area (Å²) in [5.74, 6) is 0. The molecule has 0 spiro atoms. The summed E-state index contributed by atoms with van der Waals surface area (Å²) in [6.45, 7) is 0. The standard InChI is InChI=1S/C68H38N12/c1-2-10-38-26-46-45(25-37(38)9-1)61-57(53-33-69-17-21-73-53)63-47-27-39-11-3-4-12-40(39)28-48(47)65(78-63)59(55-35-71-19-23-75-55)67-51-31-43-15-7-8-16-44(43)32-52(51)68(80-67)60(56-36-72-20-24-76-56)66-50-30-42-14-6-5-13-41(42)29-49(50)64(79-66)58(62(46)77-61)54-34-70-18-22-74-54/h1-36,77,80H. The van der Waals surface area contributed by atoms with Crippen molar-refractivity contribution in [3.05, 3.63) is 220 Å². The van der Waals surface area contributed by atoms with E-state index in [-0.39, 0.29) is 0 Å². The summed E-state index contributed by atoms with van der Waals surface area (Å²) < 4.78 is 0. The first-order valence-corrected chi connectivity index (χ1v) is 26.3. The van der Waals surface area contributed by atoms with E-state index >= 15 is 0 Å². The Hall–Kier alpha value is -11.2. The Morgan fingerprint density at radius 1 is 0.250 bits per heavy atom. The van der Waals surface area contributed by atoms with Gasteiger partial charge in [-0.1, -0.05) is 97.1 Å². The average molecular weight is 1020 g/mol. The third-order valence-corrected chi connectivity index (χ3v) is 15.8. The molecule has 3 aliphatic rings. The topological polar surface area (TPSA) is 160 Å². The van der Waals surface area contributed by atoms with Crippen molar-refractivity contribution in [3.63, 3.8) is 0 Å². The smallest absolute Gasteiger partial charge is 0.0928 e. The Balaban J connectivity index is 1.23. The first-order chi connectivity index (χ1) is 39.7. The molecule has 0 saturated carbocycles. The molecule has 8 aromatic carbocycles. The number of aromatic nitrogens is 12. The van der Waals surface area contributed by atoms with E-state index in [2.05, 4.69) is 156 Å². The van der Waals surface area contributed by atoms with Crippen LogP contribution in [0.15, 0.2) is 220 Å². The van der Waals surface area contributed by atoms with E-state index in [1.54, 1.807) is 49.6 Å². The van der Waals surface area contributed by atoms with Crippen molar-refractivity contribution >= 4 is 86.7 Å². The molecule has 2 N–H and O–H groups in total. The zero-order valence-electron chi connectivity index (χ0n) is 42.3. The van der Waals surface area contributed by atoms with Gasteiger partial charge in [0.1, 0.15) is 0 Å². The minimum Gasteiger partial charge on any atom is -0.353 e. The monoisotopic (exact) mass is 1020 g/mol. The van der Waals surface area contributed by atoms with Gasteiger partial charge in [-0.25, -0.2) is 9.97 Å². The van der Waals surface area contributed by atoms with E-state index in [0.717, 1.165) is 131 Å². The molecule has 12 nitrogen and oxygen atoms in total. The summed E-state index contributed by atoms with van der Waals surface area (Å²) in [6.07, 6.45) is 21.1.